The highest BCUT2D eigenvalue weighted by molar-refractivity contribution is 7.99. The minimum absolute atomic E-state index is 0.129. The second-order valence-electron chi connectivity index (χ2n) is 6.76. The van der Waals surface area contributed by atoms with E-state index in [-0.39, 0.29) is 17.5 Å². The van der Waals surface area contributed by atoms with Gasteiger partial charge in [-0.15, -0.1) is 21.5 Å². The lowest BCUT2D eigenvalue weighted by Gasteiger charge is -2.10. The van der Waals surface area contributed by atoms with Crippen LogP contribution in [-0.4, -0.2) is 26.4 Å². The summed E-state index contributed by atoms with van der Waals surface area (Å²) in [5.41, 5.74) is 3.05. The van der Waals surface area contributed by atoms with Gasteiger partial charge in [0.25, 0.3) is 0 Å². The molecule has 0 unspecified atom stereocenters. The van der Waals surface area contributed by atoms with Gasteiger partial charge in [-0.2, -0.15) is 0 Å². The van der Waals surface area contributed by atoms with E-state index in [1.807, 2.05) is 53.3 Å². The summed E-state index contributed by atoms with van der Waals surface area (Å²) in [6.45, 7) is 3.71. The monoisotopic (exact) mass is 438 g/mol. The van der Waals surface area contributed by atoms with Crippen molar-refractivity contribution in [3.05, 3.63) is 76.9 Å². The molecule has 0 aliphatic carbocycles. The summed E-state index contributed by atoms with van der Waals surface area (Å²) >= 11 is 2.87. The number of nitrogens with one attached hydrogen (secondary N) is 1. The SMILES string of the molecule is Cc1ccc(-n2c(SCC(=O)Nc3ccc(C)c(F)c3)nnc2-c2cccs2)cc1. The molecule has 5 nitrogen and oxygen atoms in total. The Hall–Kier alpha value is -2.97. The maximum absolute atomic E-state index is 13.7. The second-order valence-corrected chi connectivity index (χ2v) is 8.65. The van der Waals surface area contributed by atoms with Gasteiger partial charge in [-0.25, -0.2) is 4.39 Å². The molecule has 4 aromatic rings. The maximum atomic E-state index is 13.7. The summed E-state index contributed by atoms with van der Waals surface area (Å²) in [4.78, 5) is 13.4. The molecule has 0 fully saturated rings. The normalized spacial score (nSPS) is 10.9. The first-order valence-corrected chi connectivity index (χ1v) is 11.1. The van der Waals surface area contributed by atoms with Gasteiger partial charge in [0.05, 0.1) is 10.6 Å². The number of anilines is 1. The van der Waals surface area contributed by atoms with Crippen LogP contribution >= 0.6 is 23.1 Å². The molecule has 2 aromatic carbocycles. The van der Waals surface area contributed by atoms with Crippen LogP contribution in [0.4, 0.5) is 10.1 Å². The molecule has 2 heterocycles. The summed E-state index contributed by atoms with van der Waals surface area (Å²) in [5.74, 6) is 0.279. The van der Waals surface area contributed by atoms with Crippen LogP contribution in [0.1, 0.15) is 11.1 Å². The van der Waals surface area contributed by atoms with Crippen LogP contribution in [-0.2, 0) is 4.79 Å². The number of hydrogen-bond donors (Lipinski definition) is 1. The lowest BCUT2D eigenvalue weighted by molar-refractivity contribution is -0.113. The number of thioether (sulfide) groups is 1. The fourth-order valence-electron chi connectivity index (χ4n) is 2.85. The number of amides is 1. The van der Waals surface area contributed by atoms with Crippen molar-refractivity contribution < 1.29 is 9.18 Å². The first kappa shape index (κ1) is 20.3. The number of aromatic nitrogens is 3. The number of thiophene rings is 1. The van der Waals surface area contributed by atoms with Crippen LogP contribution in [0.25, 0.3) is 16.4 Å². The number of halogens is 1. The Morgan fingerprint density at radius 1 is 1.13 bits per heavy atom. The maximum Gasteiger partial charge on any atom is 0.234 e. The fourth-order valence-corrected chi connectivity index (χ4v) is 4.30. The zero-order valence-electron chi connectivity index (χ0n) is 16.4. The van der Waals surface area contributed by atoms with E-state index in [4.69, 9.17) is 0 Å². The number of carbonyl (C=O) groups excluding carboxylic acids is 1. The van der Waals surface area contributed by atoms with E-state index < -0.39 is 0 Å². The number of rotatable bonds is 6. The van der Waals surface area contributed by atoms with Crippen molar-refractivity contribution in [3.8, 4) is 16.4 Å². The van der Waals surface area contributed by atoms with E-state index in [1.165, 1.54) is 17.8 Å². The molecule has 152 valence electrons. The third kappa shape index (κ3) is 4.44. The van der Waals surface area contributed by atoms with E-state index in [1.54, 1.807) is 30.4 Å². The molecule has 4 rings (SSSR count). The molecule has 0 saturated heterocycles. The molecule has 30 heavy (non-hydrogen) atoms. The van der Waals surface area contributed by atoms with E-state index >= 15 is 0 Å². The van der Waals surface area contributed by atoms with Crippen molar-refractivity contribution in [1.82, 2.24) is 14.8 Å². The molecule has 2 aromatic heterocycles. The van der Waals surface area contributed by atoms with Gasteiger partial charge in [0, 0.05) is 11.4 Å². The van der Waals surface area contributed by atoms with E-state index in [0.29, 0.717) is 16.4 Å². The Labute approximate surface area is 182 Å². The second kappa shape index (κ2) is 8.81. The molecule has 0 saturated carbocycles. The fraction of sp³-hybridized carbons (Fsp3) is 0.136. The molecule has 0 aliphatic heterocycles. The molecule has 1 amide bonds. The molecule has 0 bridgehead atoms. The van der Waals surface area contributed by atoms with Crippen molar-refractivity contribution in [2.45, 2.75) is 19.0 Å². The number of nitrogens with zero attached hydrogens (tertiary/aromatic N) is 3. The smallest absolute Gasteiger partial charge is 0.234 e. The molecule has 1 N–H and O–H groups in total. The van der Waals surface area contributed by atoms with E-state index in [2.05, 4.69) is 15.5 Å². The Kier molecular flexibility index (Phi) is 5.96. The van der Waals surface area contributed by atoms with Gasteiger partial charge < -0.3 is 5.32 Å². The van der Waals surface area contributed by atoms with Crippen LogP contribution in [0.15, 0.2) is 65.1 Å². The summed E-state index contributed by atoms with van der Waals surface area (Å²) in [6, 6.07) is 16.7. The first-order chi connectivity index (χ1) is 14.5. The van der Waals surface area contributed by atoms with Gasteiger partial charge in [0.1, 0.15) is 5.82 Å². The molecule has 0 spiro atoms. The highest BCUT2D eigenvalue weighted by atomic mass is 32.2. The lowest BCUT2D eigenvalue weighted by atomic mass is 10.2. The minimum atomic E-state index is -0.347. The van der Waals surface area contributed by atoms with Gasteiger partial charge in [-0.05, 0) is 55.1 Å². The average molecular weight is 439 g/mol. The molecular weight excluding hydrogens is 419 g/mol. The van der Waals surface area contributed by atoms with Crippen LogP contribution in [0, 0.1) is 19.7 Å². The van der Waals surface area contributed by atoms with Gasteiger partial charge >= 0.3 is 0 Å². The van der Waals surface area contributed by atoms with Crippen molar-refractivity contribution >= 4 is 34.7 Å². The Bertz CT molecular complexity index is 1170. The molecular formula is C22H19FN4OS2. The minimum Gasteiger partial charge on any atom is -0.325 e. The number of carbonyl (C=O) groups is 1. The number of benzene rings is 2. The average Bonchev–Trinajstić information content (AvgIpc) is 3.39. The standard InChI is InChI=1S/C22H19FN4OS2/c1-14-5-9-17(10-6-14)27-21(19-4-3-11-29-19)25-26-22(27)30-13-20(28)24-16-8-7-15(2)18(23)12-16/h3-12H,13H2,1-2H3,(H,24,28). The van der Waals surface area contributed by atoms with Crippen molar-refractivity contribution in [1.29, 1.82) is 0 Å². The summed E-state index contributed by atoms with van der Waals surface area (Å²) in [6.07, 6.45) is 0. The zero-order valence-corrected chi connectivity index (χ0v) is 18.1. The molecule has 0 aliphatic rings. The first-order valence-electron chi connectivity index (χ1n) is 9.26. The predicted molar refractivity (Wildman–Crippen MR) is 120 cm³/mol. The number of aryl methyl sites for hydroxylation is 2. The third-order valence-corrected chi connectivity index (χ3v) is 6.25. The molecule has 0 radical (unpaired) electrons. The molecule has 0 atom stereocenters. The van der Waals surface area contributed by atoms with Gasteiger partial charge in [-0.3, -0.25) is 9.36 Å². The van der Waals surface area contributed by atoms with Gasteiger partial charge in [-0.1, -0.05) is 41.6 Å². The summed E-state index contributed by atoms with van der Waals surface area (Å²) < 4.78 is 15.7. The molecule has 8 heteroatoms. The Morgan fingerprint density at radius 2 is 1.93 bits per heavy atom. The number of hydrogen-bond acceptors (Lipinski definition) is 5. The highest BCUT2D eigenvalue weighted by Gasteiger charge is 2.18. The van der Waals surface area contributed by atoms with Crippen molar-refractivity contribution in [2.24, 2.45) is 0 Å². The Balaban J connectivity index is 1.55. The Morgan fingerprint density at radius 3 is 2.63 bits per heavy atom. The summed E-state index contributed by atoms with van der Waals surface area (Å²) in [7, 11) is 0. The highest BCUT2D eigenvalue weighted by Crippen LogP contribution is 2.30. The van der Waals surface area contributed by atoms with E-state index in [9.17, 15) is 9.18 Å². The predicted octanol–water partition coefficient (Wildman–Crippen LogP) is 5.48. The topological polar surface area (TPSA) is 59.8 Å². The van der Waals surface area contributed by atoms with Crippen LogP contribution < -0.4 is 5.32 Å². The summed E-state index contributed by atoms with van der Waals surface area (Å²) in [5, 5.41) is 14.0. The van der Waals surface area contributed by atoms with Crippen LogP contribution in [0.3, 0.4) is 0 Å². The van der Waals surface area contributed by atoms with Crippen molar-refractivity contribution in [3.63, 3.8) is 0 Å². The van der Waals surface area contributed by atoms with Crippen LogP contribution in [0.5, 0.6) is 0 Å². The van der Waals surface area contributed by atoms with Crippen molar-refractivity contribution in [2.75, 3.05) is 11.1 Å². The quantitative estimate of drug-likeness (QED) is 0.405. The lowest BCUT2D eigenvalue weighted by Crippen LogP contribution is -2.14. The van der Waals surface area contributed by atoms with Gasteiger partial charge in [0.15, 0.2) is 11.0 Å². The zero-order chi connectivity index (χ0) is 21.1. The van der Waals surface area contributed by atoms with E-state index in [0.717, 1.165) is 22.0 Å². The van der Waals surface area contributed by atoms with Gasteiger partial charge in [0.2, 0.25) is 5.91 Å². The largest absolute Gasteiger partial charge is 0.325 e. The van der Waals surface area contributed by atoms with Crippen LogP contribution in [0.2, 0.25) is 0 Å². The third-order valence-electron chi connectivity index (χ3n) is 4.46.